The molecule has 0 spiro atoms. The number of carbonyl (C=O) groups excluding carboxylic acids is 2. The van der Waals surface area contributed by atoms with E-state index >= 15 is 0 Å². The molecule has 1 heterocycles. The largest absolute Gasteiger partial charge is 0.464 e. The first kappa shape index (κ1) is 17.4. The smallest absolute Gasteiger partial charge is 0.415 e. The van der Waals surface area contributed by atoms with Crippen molar-refractivity contribution in [2.75, 3.05) is 6.61 Å². The highest BCUT2D eigenvalue weighted by Gasteiger charge is 2.66. The fraction of sp³-hybridized carbons (Fsp3) is 0.786. The molecule has 0 unspecified atom stereocenters. The standard InChI is InChI=1S/C14H20F2N2O5/c1-12(2,3)23-11(20)17-10-18-13(4,14(15,16)6-21-10)8-5-9(8)22-7-19/h7-9H,5-6H2,1-4H3,(H,17,18,20)/t8-,9-,13-/m1/s1. The summed E-state index contributed by atoms with van der Waals surface area (Å²) >= 11 is 0. The van der Waals surface area contributed by atoms with Gasteiger partial charge >= 0.3 is 12.0 Å². The fourth-order valence-corrected chi connectivity index (χ4v) is 2.42. The fourth-order valence-electron chi connectivity index (χ4n) is 2.42. The normalized spacial score (nSPS) is 32.2. The number of hydrogen-bond donors (Lipinski definition) is 1. The van der Waals surface area contributed by atoms with Crippen LogP contribution in [0, 0.1) is 5.92 Å². The highest BCUT2D eigenvalue weighted by atomic mass is 19.3. The van der Waals surface area contributed by atoms with Gasteiger partial charge in [-0.2, -0.15) is 0 Å². The van der Waals surface area contributed by atoms with E-state index in [0.717, 1.165) is 0 Å². The van der Waals surface area contributed by atoms with Crippen molar-refractivity contribution in [2.45, 2.75) is 57.3 Å². The van der Waals surface area contributed by atoms with Crippen LogP contribution in [0.5, 0.6) is 0 Å². The van der Waals surface area contributed by atoms with Gasteiger partial charge in [-0.15, -0.1) is 0 Å². The third-order valence-electron chi connectivity index (χ3n) is 3.76. The SMILES string of the molecule is CC(C)(C)OC(=O)NC1=N[C@](C)([C@@H]2C[C@H]2OC=O)C(F)(F)CO1. The number of ether oxygens (including phenoxy) is 3. The number of amides is 1. The van der Waals surface area contributed by atoms with Crippen LogP contribution >= 0.6 is 0 Å². The first-order valence-corrected chi connectivity index (χ1v) is 7.18. The number of nitrogens with zero attached hydrogens (tertiary/aromatic N) is 1. The summed E-state index contributed by atoms with van der Waals surface area (Å²) in [5.41, 5.74) is -2.57. The van der Waals surface area contributed by atoms with Gasteiger partial charge in [0.25, 0.3) is 12.5 Å². The quantitative estimate of drug-likeness (QED) is 0.796. The Labute approximate surface area is 132 Å². The van der Waals surface area contributed by atoms with Crippen LogP contribution in [0.2, 0.25) is 0 Å². The molecule has 1 fully saturated rings. The van der Waals surface area contributed by atoms with E-state index in [9.17, 15) is 18.4 Å². The lowest BCUT2D eigenvalue weighted by Gasteiger charge is -2.38. The number of nitrogens with one attached hydrogen (secondary N) is 1. The lowest BCUT2D eigenvalue weighted by atomic mass is 9.88. The maximum Gasteiger partial charge on any atom is 0.415 e. The molecular weight excluding hydrogens is 314 g/mol. The van der Waals surface area contributed by atoms with Crippen LogP contribution in [0.1, 0.15) is 34.1 Å². The monoisotopic (exact) mass is 334 g/mol. The number of hydrogen-bond acceptors (Lipinski definition) is 6. The topological polar surface area (TPSA) is 86.2 Å². The average molecular weight is 334 g/mol. The molecule has 3 atom stereocenters. The number of amidine groups is 1. The van der Waals surface area contributed by atoms with Gasteiger partial charge in [0.05, 0.1) is 0 Å². The van der Waals surface area contributed by atoms with Crippen molar-refractivity contribution in [1.29, 1.82) is 0 Å². The summed E-state index contributed by atoms with van der Waals surface area (Å²) in [6.45, 7) is 5.56. The minimum atomic E-state index is -3.25. The predicted molar refractivity (Wildman–Crippen MR) is 75.2 cm³/mol. The number of rotatable bonds is 3. The summed E-state index contributed by atoms with van der Waals surface area (Å²) in [4.78, 5) is 25.9. The Hall–Kier alpha value is -1.93. The van der Waals surface area contributed by atoms with Gasteiger partial charge in [-0.05, 0) is 34.1 Å². The number of alkyl carbamates (subject to hydrolysis) is 1. The van der Waals surface area contributed by atoms with Gasteiger partial charge in [-0.3, -0.25) is 4.79 Å². The zero-order valence-electron chi connectivity index (χ0n) is 13.4. The first-order chi connectivity index (χ1) is 10.5. The lowest BCUT2D eigenvalue weighted by molar-refractivity contribution is -0.136. The minimum Gasteiger partial charge on any atom is -0.464 e. The lowest BCUT2D eigenvalue weighted by Crippen LogP contribution is -2.56. The average Bonchev–Trinajstić information content (AvgIpc) is 3.12. The van der Waals surface area contributed by atoms with Gasteiger partial charge in [0.2, 0.25) is 0 Å². The highest BCUT2D eigenvalue weighted by Crippen LogP contribution is 2.52. The van der Waals surface area contributed by atoms with Crippen LogP contribution in [0.25, 0.3) is 0 Å². The minimum absolute atomic E-state index is 0.231. The molecule has 2 aliphatic rings. The van der Waals surface area contributed by atoms with Crippen LogP contribution in [-0.4, -0.2) is 48.4 Å². The Morgan fingerprint density at radius 2 is 2.13 bits per heavy atom. The molecule has 130 valence electrons. The van der Waals surface area contributed by atoms with E-state index < -0.39 is 41.8 Å². The van der Waals surface area contributed by atoms with E-state index in [4.69, 9.17) is 14.2 Å². The van der Waals surface area contributed by atoms with Gasteiger partial charge < -0.3 is 14.2 Å². The summed E-state index contributed by atoms with van der Waals surface area (Å²) in [6.07, 6.45) is -1.16. The zero-order valence-corrected chi connectivity index (χ0v) is 13.4. The van der Waals surface area contributed by atoms with Crippen LogP contribution in [0.15, 0.2) is 4.99 Å². The molecule has 1 aliphatic carbocycles. The van der Waals surface area contributed by atoms with Crippen LogP contribution in [-0.2, 0) is 19.0 Å². The van der Waals surface area contributed by atoms with E-state index in [1.165, 1.54) is 6.92 Å². The molecule has 1 amide bonds. The molecule has 1 N–H and O–H groups in total. The molecule has 0 saturated heterocycles. The van der Waals surface area contributed by atoms with Gasteiger partial charge in [0.1, 0.15) is 17.2 Å². The van der Waals surface area contributed by atoms with Gasteiger partial charge in [0, 0.05) is 5.92 Å². The van der Waals surface area contributed by atoms with Crippen molar-refractivity contribution in [1.82, 2.24) is 5.32 Å². The Kier molecular flexibility index (Phi) is 4.25. The third kappa shape index (κ3) is 3.70. The second-order valence-electron chi connectivity index (χ2n) is 6.80. The maximum absolute atomic E-state index is 14.2. The molecule has 0 aromatic carbocycles. The Morgan fingerprint density at radius 3 is 2.70 bits per heavy atom. The molecule has 0 aromatic heterocycles. The molecule has 9 heteroatoms. The second kappa shape index (κ2) is 5.61. The van der Waals surface area contributed by atoms with Crippen molar-refractivity contribution in [2.24, 2.45) is 10.9 Å². The first-order valence-electron chi connectivity index (χ1n) is 7.18. The number of aliphatic imine (C=N–C) groups is 1. The van der Waals surface area contributed by atoms with Crippen molar-refractivity contribution in [3.63, 3.8) is 0 Å². The summed E-state index contributed by atoms with van der Waals surface area (Å²) in [7, 11) is 0. The zero-order chi connectivity index (χ0) is 17.5. The highest BCUT2D eigenvalue weighted by molar-refractivity contribution is 5.91. The molecule has 7 nitrogen and oxygen atoms in total. The summed E-state index contributed by atoms with van der Waals surface area (Å²) in [5, 5.41) is 2.22. The maximum atomic E-state index is 14.2. The van der Waals surface area contributed by atoms with E-state index in [-0.39, 0.29) is 18.9 Å². The van der Waals surface area contributed by atoms with Crippen molar-refractivity contribution in [3.05, 3.63) is 0 Å². The molecular formula is C14H20F2N2O5. The molecule has 0 radical (unpaired) electrons. The van der Waals surface area contributed by atoms with Crippen LogP contribution in [0.3, 0.4) is 0 Å². The molecule has 23 heavy (non-hydrogen) atoms. The van der Waals surface area contributed by atoms with Gasteiger partial charge in [-0.1, -0.05) is 0 Å². The summed E-state index contributed by atoms with van der Waals surface area (Å²) in [5.74, 6) is -3.89. The van der Waals surface area contributed by atoms with Crippen molar-refractivity contribution >= 4 is 18.6 Å². The summed E-state index contributed by atoms with van der Waals surface area (Å²) in [6, 6.07) is -0.329. The molecule has 0 aromatic rings. The molecule has 1 aliphatic heterocycles. The van der Waals surface area contributed by atoms with Gasteiger partial charge in [0.15, 0.2) is 6.61 Å². The number of carbonyl (C=O) groups is 2. The van der Waals surface area contributed by atoms with E-state index in [1.54, 1.807) is 20.8 Å². The van der Waals surface area contributed by atoms with Crippen molar-refractivity contribution in [3.8, 4) is 0 Å². The molecule has 2 rings (SSSR count). The van der Waals surface area contributed by atoms with Crippen LogP contribution in [0.4, 0.5) is 13.6 Å². The molecule has 0 bridgehead atoms. The Balaban J connectivity index is 2.13. The Morgan fingerprint density at radius 1 is 1.48 bits per heavy atom. The van der Waals surface area contributed by atoms with E-state index in [2.05, 4.69) is 10.3 Å². The second-order valence-corrected chi connectivity index (χ2v) is 6.80. The number of alkyl halides is 2. The number of halogens is 2. The van der Waals surface area contributed by atoms with E-state index in [1.807, 2.05) is 0 Å². The third-order valence-corrected chi connectivity index (χ3v) is 3.76. The van der Waals surface area contributed by atoms with Crippen molar-refractivity contribution < 1.29 is 32.6 Å². The summed E-state index contributed by atoms with van der Waals surface area (Å²) < 4.78 is 43.0. The van der Waals surface area contributed by atoms with Gasteiger partial charge in [-0.25, -0.2) is 23.9 Å². The van der Waals surface area contributed by atoms with E-state index in [0.29, 0.717) is 0 Å². The molecule has 1 saturated carbocycles. The van der Waals surface area contributed by atoms with Crippen LogP contribution < -0.4 is 5.32 Å². The predicted octanol–water partition coefficient (Wildman–Crippen LogP) is 1.85. The Bertz CT molecular complexity index is 532.